The van der Waals surface area contributed by atoms with E-state index in [1.54, 1.807) is 17.4 Å². The Morgan fingerprint density at radius 2 is 2.06 bits per heavy atom. The molecule has 0 aromatic carbocycles. The van der Waals surface area contributed by atoms with Crippen LogP contribution in [0.5, 0.6) is 0 Å². The van der Waals surface area contributed by atoms with Crippen molar-refractivity contribution < 1.29 is 13.2 Å². The van der Waals surface area contributed by atoms with E-state index >= 15 is 0 Å². The highest BCUT2D eigenvalue weighted by Gasteiger charge is 2.07. The van der Waals surface area contributed by atoms with E-state index < -0.39 is 5.76 Å². The topological polar surface area (TPSA) is 25.2 Å². The largest absolute Gasteiger partial charge is 0.464 e. The van der Waals surface area contributed by atoms with E-state index in [0.29, 0.717) is 24.1 Å². The Morgan fingerprint density at radius 1 is 1.22 bits per heavy atom. The van der Waals surface area contributed by atoms with E-state index in [0.717, 1.165) is 12.3 Å². The maximum atomic E-state index is 12.0. The van der Waals surface area contributed by atoms with Crippen LogP contribution in [0.4, 0.5) is 8.78 Å². The van der Waals surface area contributed by atoms with Crippen molar-refractivity contribution >= 4 is 23.1 Å². The van der Waals surface area contributed by atoms with Crippen molar-refractivity contribution in [3.63, 3.8) is 0 Å². The normalized spacial score (nSPS) is 11.3. The lowest BCUT2D eigenvalue weighted by atomic mass is 10.3. The average molecular weight is 289 g/mol. The second-order valence-corrected chi connectivity index (χ2v) is 5.43. The fourth-order valence-corrected chi connectivity index (χ4v) is 2.58. The Bertz CT molecular complexity index is 456. The maximum absolute atomic E-state index is 12.0. The first-order valence-electron chi connectivity index (χ1n) is 5.43. The summed E-state index contributed by atoms with van der Waals surface area (Å²) < 4.78 is 29.4. The SMILES string of the molecule is FC(F)SCc1ccc(CNCc2ccsc2)o1. The summed E-state index contributed by atoms with van der Waals surface area (Å²) in [5.74, 6) is -0.777. The molecular formula is C12H13F2NOS2. The van der Waals surface area contributed by atoms with E-state index in [4.69, 9.17) is 4.42 Å². The van der Waals surface area contributed by atoms with Crippen molar-refractivity contribution in [2.75, 3.05) is 0 Å². The summed E-state index contributed by atoms with van der Waals surface area (Å²) in [5.41, 5.74) is 1.24. The van der Waals surface area contributed by atoms with Gasteiger partial charge in [-0.05, 0) is 34.5 Å². The van der Waals surface area contributed by atoms with Gasteiger partial charge in [0.25, 0.3) is 5.76 Å². The molecule has 2 heterocycles. The minimum Gasteiger partial charge on any atom is -0.464 e. The van der Waals surface area contributed by atoms with E-state index in [9.17, 15) is 8.78 Å². The quantitative estimate of drug-likeness (QED) is 0.831. The highest BCUT2D eigenvalue weighted by Crippen LogP contribution is 2.21. The molecule has 1 N–H and O–H groups in total. The molecule has 0 spiro atoms. The Hall–Kier alpha value is -0.850. The van der Waals surface area contributed by atoms with E-state index in [1.165, 1.54) is 5.56 Å². The van der Waals surface area contributed by atoms with Crippen LogP contribution in [0.3, 0.4) is 0 Å². The molecule has 2 aromatic rings. The van der Waals surface area contributed by atoms with Gasteiger partial charge < -0.3 is 9.73 Å². The number of rotatable bonds is 7. The molecule has 0 aliphatic heterocycles. The fourth-order valence-electron chi connectivity index (χ4n) is 1.46. The lowest BCUT2D eigenvalue weighted by Gasteiger charge is -2.00. The minimum absolute atomic E-state index is 0.211. The molecule has 2 rings (SSSR count). The van der Waals surface area contributed by atoms with Crippen molar-refractivity contribution in [1.82, 2.24) is 5.32 Å². The minimum atomic E-state index is -2.35. The van der Waals surface area contributed by atoms with Crippen LogP contribution in [0.25, 0.3) is 0 Å². The summed E-state index contributed by atoms with van der Waals surface area (Å²) >= 11 is 2.24. The number of nitrogens with one attached hydrogen (secondary N) is 1. The molecule has 98 valence electrons. The number of thioether (sulfide) groups is 1. The van der Waals surface area contributed by atoms with Gasteiger partial charge in [0.1, 0.15) is 11.5 Å². The molecule has 0 fully saturated rings. The molecule has 0 aliphatic rings. The summed E-state index contributed by atoms with van der Waals surface area (Å²) in [6.45, 7) is 1.39. The van der Waals surface area contributed by atoms with Crippen LogP contribution in [0.2, 0.25) is 0 Å². The monoisotopic (exact) mass is 289 g/mol. The molecule has 0 saturated heterocycles. The van der Waals surface area contributed by atoms with Gasteiger partial charge in [-0.15, -0.1) is 0 Å². The van der Waals surface area contributed by atoms with Crippen LogP contribution in [-0.2, 0) is 18.8 Å². The van der Waals surface area contributed by atoms with Gasteiger partial charge in [-0.25, -0.2) is 0 Å². The van der Waals surface area contributed by atoms with Crippen molar-refractivity contribution in [2.24, 2.45) is 0 Å². The van der Waals surface area contributed by atoms with Gasteiger partial charge in [0, 0.05) is 6.54 Å². The highest BCUT2D eigenvalue weighted by atomic mass is 32.2. The van der Waals surface area contributed by atoms with Gasteiger partial charge in [-0.2, -0.15) is 20.1 Å². The molecule has 0 aliphatic carbocycles. The van der Waals surface area contributed by atoms with E-state index in [-0.39, 0.29) is 5.75 Å². The van der Waals surface area contributed by atoms with E-state index in [1.807, 2.05) is 11.4 Å². The van der Waals surface area contributed by atoms with Crippen LogP contribution in [0.1, 0.15) is 17.1 Å². The van der Waals surface area contributed by atoms with Crippen molar-refractivity contribution in [1.29, 1.82) is 0 Å². The summed E-state index contributed by atoms with van der Waals surface area (Å²) in [6.07, 6.45) is 0. The zero-order valence-electron chi connectivity index (χ0n) is 9.57. The molecule has 0 bridgehead atoms. The van der Waals surface area contributed by atoms with Crippen LogP contribution < -0.4 is 5.32 Å². The van der Waals surface area contributed by atoms with Gasteiger partial charge >= 0.3 is 0 Å². The molecule has 0 saturated carbocycles. The van der Waals surface area contributed by atoms with Crippen LogP contribution in [0.15, 0.2) is 33.4 Å². The molecule has 0 atom stereocenters. The lowest BCUT2D eigenvalue weighted by Crippen LogP contribution is -2.11. The van der Waals surface area contributed by atoms with Gasteiger partial charge in [-0.1, -0.05) is 11.8 Å². The maximum Gasteiger partial charge on any atom is 0.284 e. The van der Waals surface area contributed by atoms with Gasteiger partial charge in [0.05, 0.1) is 12.3 Å². The smallest absolute Gasteiger partial charge is 0.284 e. The second kappa shape index (κ2) is 6.92. The predicted molar refractivity (Wildman–Crippen MR) is 70.9 cm³/mol. The third-order valence-electron chi connectivity index (χ3n) is 2.28. The second-order valence-electron chi connectivity index (χ2n) is 3.67. The molecule has 2 aromatic heterocycles. The standard InChI is InChI=1S/C12H13F2NOS2/c13-12(14)18-8-11-2-1-10(16-11)6-15-5-9-3-4-17-7-9/h1-4,7,12,15H,5-6,8H2. The molecule has 0 unspecified atom stereocenters. The summed E-state index contributed by atoms with van der Waals surface area (Å²) in [6, 6.07) is 5.63. The number of alkyl halides is 2. The van der Waals surface area contributed by atoms with Crippen LogP contribution in [-0.4, -0.2) is 5.76 Å². The lowest BCUT2D eigenvalue weighted by molar-refractivity contribution is 0.251. The molecule has 18 heavy (non-hydrogen) atoms. The number of hydrogen-bond donors (Lipinski definition) is 1. The summed E-state index contributed by atoms with van der Waals surface area (Å²) in [4.78, 5) is 0. The zero-order chi connectivity index (χ0) is 12.8. The molecule has 6 heteroatoms. The highest BCUT2D eigenvalue weighted by molar-refractivity contribution is 7.98. The number of thiophene rings is 1. The van der Waals surface area contributed by atoms with Crippen molar-refractivity contribution in [3.8, 4) is 0 Å². The number of hydrogen-bond acceptors (Lipinski definition) is 4. The van der Waals surface area contributed by atoms with Gasteiger partial charge in [-0.3, -0.25) is 0 Å². The molecular weight excluding hydrogens is 276 g/mol. The molecule has 0 amide bonds. The summed E-state index contributed by atoms with van der Waals surface area (Å²) in [5, 5.41) is 7.35. The predicted octanol–water partition coefficient (Wildman–Crippen LogP) is 4.09. The zero-order valence-corrected chi connectivity index (χ0v) is 11.2. The Kier molecular flexibility index (Phi) is 5.22. The Labute approximate surface area is 112 Å². The Balaban J connectivity index is 1.73. The van der Waals surface area contributed by atoms with Crippen LogP contribution >= 0.6 is 23.1 Å². The molecule has 0 radical (unpaired) electrons. The first kappa shape index (κ1) is 13.6. The third-order valence-corrected chi connectivity index (χ3v) is 3.71. The number of halogens is 2. The van der Waals surface area contributed by atoms with Crippen molar-refractivity contribution in [3.05, 3.63) is 46.0 Å². The fraction of sp³-hybridized carbons (Fsp3) is 0.333. The third kappa shape index (κ3) is 4.44. The number of furan rings is 1. The first-order valence-corrected chi connectivity index (χ1v) is 7.42. The van der Waals surface area contributed by atoms with Gasteiger partial charge in [0.15, 0.2) is 0 Å². The van der Waals surface area contributed by atoms with Crippen molar-refractivity contribution in [2.45, 2.75) is 24.6 Å². The average Bonchev–Trinajstić information content (AvgIpc) is 2.97. The van der Waals surface area contributed by atoms with Crippen LogP contribution in [0, 0.1) is 0 Å². The van der Waals surface area contributed by atoms with E-state index in [2.05, 4.69) is 16.8 Å². The molecule has 2 nitrogen and oxygen atoms in total. The summed E-state index contributed by atoms with van der Waals surface area (Å²) in [7, 11) is 0. The first-order chi connectivity index (χ1) is 8.74. The van der Waals surface area contributed by atoms with Gasteiger partial charge in [0.2, 0.25) is 0 Å². The Morgan fingerprint density at radius 3 is 2.78 bits per heavy atom.